The molecule has 1 amide bonds. The highest BCUT2D eigenvalue weighted by atomic mass is 19.3. The molecule has 0 radical (unpaired) electrons. The lowest BCUT2D eigenvalue weighted by molar-refractivity contribution is -0.163. The first-order valence-electron chi connectivity index (χ1n) is 5.01. The average molecular weight is 279 g/mol. The Kier molecular flexibility index (Phi) is 4.47. The van der Waals surface area contributed by atoms with Gasteiger partial charge in [-0.15, -0.1) is 0 Å². The molecule has 0 saturated heterocycles. The largest absolute Gasteiger partial charge is 0.481 e. The molecule has 0 saturated carbocycles. The zero-order valence-electron chi connectivity index (χ0n) is 9.37. The molecule has 0 atom stereocenters. The van der Waals surface area contributed by atoms with Crippen LogP contribution in [0.5, 0.6) is 0 Å². The van der Waals surface area contributed by atoms with Gasteiger partial charge < -0.3 is 10.4 Å². The van der Waals surface area contributed by atoms with Crippen molar-refractivity contribution in [3.63, 3.8) is 0 Å². The maximum atomic E-state index is 12.7. The van der Waals surface area contributed by atoms with Crippen molar-refractivity contribution >= 4 is 17.6 Å². The van der Waals surface area contributed by atoms with E-state index in [1.54, 1.807) is 5.32 Å². The first-order chi connectivity index (χ1) is 8.73. The number of hydrogen-bond acceptors (Lipinski definition) is 2. The molecular weight excluding hydrogens is 270 g/mol. The monoisotopic (exact) mass is 279 g/mol. The molecule has 0 aliphatic carbocycles. The van der Waals surface area contributed by atoms with Gasteiger partial charge in [-0.05, 0) is 17.7 Å². The Morgan fingerprint density at radius 1 is 1.32 bits per heavy atom. The van der Waals surface area contributed by atoms with Crippen molar-refractivity contribution in [2.24, 2.45) is 0 Å². The van der Waals surface area contributed by atoms with Crippen LogP contribution in [0.4, 0.5) is 23.2 Å². The van der Waals surface area contributed by atoms with E-state index < -0.39 is 24.2 Å². The minimum atomic E-state index is -4.80. The van der Waals surface area contributed by atoms with E-state index in [0.29, 0.717) is 0 Å². The molecular formula is C11H9F4NO3. The highest BCUT2D eigenvalue weighted by molar-refractivity contribution is 5.96. The maximum absolute atomic E-state index is 12.7. The standard InChI is InChI=1S/C11H9F4NO3/c12-9(13)11(14,15)10(19)16-7-3-1-2-6(4-7)5-8(17)18/h1-4,9H,5H2,(H,16,19)(H,17,18). The third-order valence-electron chi connectivity index (χ3n) is 2.12. The topological polar surface area (TPSA) is 66.4 Å². The van der Waals surface area contributed by atoms with Crippen LogP contribution in [0.2, 0.25) is 0 Å². The van der Waals surface area contributed by atoms with Gasteiger partial charge >= 0.3 is 24.2 Å². The van der Waals surface area contributed by atoms with E-state index in [0.717, 1.165) is 6.07 Å². The van der Waals surface area contributed by atoms with Crippen LogP contribution in [0, 0.1) is 0 Å². The predicted octanol–water partition coefficient (Wildman–Crippen LogP) is 2.15. The number of carboxylic acids is 1. The minimum absolute atomic E-state index is 0.177. The van der Waals surface area contributed by atoms with Crippen LogP contribution in [0.3, 0.4) is 0 Å². The molecule has 0 bridgehead atoms. The van der Waals surface area contributed by atoms with E-state index in [1.165, 1.54) is 18.2 Å². The fourth-order valence-electron chi connectivity index (χ4n) is 1.25. The summed E-state index contributed by atoms with van der Waals surface area (Å²) in [5.74, 6) is -8.10. The Bertz CT molecular complexity index is 491. The van der Waals surface area contributed by atoms with Gasteiger partial charge in [-0.2, -0.15) is 8.78 Å². The number of carboxylic acid groups (broad SMARTS) is 1. The molecule has 4 nitrogen and oxygen atoms in total. The summed E-state index contributed by atoms with van der Waals surface area (Å²) in [4.78, 5) is 21.4. The summed E-state index contributed by atoms with van der Waals surface area (Å²) in [5.41, 5.74) is 0.0646. The van der Waals surface area contributed by atoms with Crippen molar-refractivity contribution in [3.8, 4) is 0 Å². The van der Waals surface area contributed by atoms with E-state index in [9.17, 15) is 27.2 Å². The van der Waals surface area contributed by atoms with Gasteiger partial charge in [0.15, 0.2) is 0 Å². The first-order valence-corrected chi connectivity index (χ1v) is 5.01. The molecule has 0 heterocycles. The quantitative estimate of drug-likeness (QED) is 0.812. The Balaban J connectivity index is 2.83. The van der Waals surface area contributed by atoms with E-state index >= 15 is 0 Å². The Hall–Kier alpha value is -2.12. The van der Waals surface area contributed by atoms with Gasteiger partial charge in [0.05, 0.1) is 6.42 Å². The first kappa shape index (κ1) is 14.9. The van der Waals surface area contributed by atoms with Crippen molar-refractivity contribution in [2.75, 3.05) is 5.32 Å². The molecule has 0 aromatic heterocycles. The molecule has 2 N–H and O–H groups in total. The molecule has 0 aliphatic heterocycles. The summed E-state index contributed by atoms with van der Waals surface area (Å²) in [7, 11) is 0. The van der Waals surface area contributed by atoms with E-state index in [2.05, 4.69) is 0 Å². The lowest BCUT2D eigenvalue weighted by Gasteiger charge is -2.15. The number of benzene rings is 1. The van der Waals surface area contributed by atoms with Crippen molar-refractivity contribution in [3.05, 3.63) is 29.8 Å². The third kappa shape index (κ3) is 3.94. The van der Waals surface area contributed by atoms with Gasteiger partial charge in [-0.1, -0.05) is 12.1 Å². The van der Waals surface area contributed by atoms with Gasteiger partial charge in [-0.3, -0.25) is 9.59 Å². The van der Waals surface area contributed by atoms with Crippen LogP contribution in [0.1, 0.15) is 5.56 Å². The summed E-state index contributed by atoms with van der Waals surface area (Å²) in [6.45, 7) is 0. The summed E-state index contributed by atoms with van der Waals surface area (Å²) < 4.78 is 49.2. The van der Waals surface area contributed by atoms with Gasteiger partial charge in [0.25, 0.3) is 0 Å². The number of aliphatic carboxylic acids is 1. The van der Waals surface area contributed by atoms with E-state index in [1.807, 2.05) is 0 Å². The average Bonchev–Trinajstić information content (AvgIpc) is 2.28. The normalized spacial score (nSPS) is 11.4. The molecule has 8 heteroatoms. The molecule has 0 unspecified atom stereocenters. The fourth-order valence-corrected chi connectivity index (χ4v) is 1.25. The Morgan fingerprint density at radius 3 is 2.47 bits per heavy atom. The third-order valence-corrected chi connectivity index (χ3v) is 2.12. The lowest BCUT2D eigenvalue weighted by Crippen LogP contribution is -2.41. The summed E-state index contributed by atoms with van der Waals surface area (Å²) >= 11 is 0. The number of rotatable bonds is 5. The second-order valence-corrected chi connectivity index (χ2v) is 3.65. The highest BCUT2D eigenvalue weighted by Crippen LogP contribution is 2.25. The van der Waals surface area contributed by atoms with Gasteiger partial charge in [0.1, 0.15) is 0 Å². The Labute approximate surface area is 105 Å². The van der Waals surface area contributed by atoms with E-state index in [4.69, 9.17) is 5.11 Å². The lowest BCUT2D eigenvalue weighted by atomic mass is 10.1. The number of amides is 1. The van der Waals surface area contributed by atoms with Crippen LogP contribution < -0.4 is 5.32 Å². The number of alkyl halides is 4. The van der Waals surface area contributed by atoms with E-state index in [-0.39, 0.29) is 17.7 Å². The van der Waals surface area contributed by atoms with Gasteiger partial charge in [-0.25, -0.2) is 8.78 Å². The second-order valence-electron chi connectivity index (χ2n) is 3.65. The molecule has 0 aliphatic rings. The second kappa shape index (κ2) is 5.68. The minimum Gasteiger partial charge on any atom is -0.481 e. The molecule has 1 rings (SSSR count). The highest BCUT2D eigenvalue weighted by Gasteiger charge is 2.48. The number of anilines is 1. The molecule has 104 valence electrons. The summed E-state index contributed by atoms with van der Waals surface area (Å²) in [6, 6.07) is 5.02. The van der Waals surface area contributed by atoms with Gasteiger partial charge in [0.2, 0.25) is 0 Å². The van der Waals surface area contributed by atoms with Crippen LogP contribution in [0.15, 0.2) is 24.3 Å². The number of carbonyl (C=O) groups is 2. The van der Waals surface area contributed by atoms with Crippen molar-refractivity contribution in [1.29, 1.82) is 0 Å². The summed E-state index contributed by atoms with van der Waals surface area (Å²) in [6.07, 6.45) is -4.50. The molecule has 0 fully saturated rings. The Morgan fingerprint density at radius 2 is 1.95 bits per heavy atom. The number of hydrogen-bond donors (Lipinski definition) is 2. The number of carbonyl (C=O) groups excluding carboxylic acids is 1. The smallest absolute Gasteiger partial charge is 0.383 e. The van der Waals surface area contributed by atoms with Crippen LogP contribution in [0.25, 0.3) is 0 Å². The van der Waals surface area contributed by atoms with Crippen molar-refractivity contribution in [1.82, 2.24) is 0 Å². The maximum Gasteiger partial charge on any atom is 0.383 e. The van der Waals surface area contributed by atoms with Gasteiger partial charge in [0, 0.05) is 5.69 Å². The van der Waals surface area contributed by atoms with Crippen molar-refractivity contribution < 1.29 is 32.3 Å². The SMILES string of the molecule is O=C(O)Cc1cccc(NC(=O)C(F)(F)C(F)F)c1. The van der Waals surface area contributed by atoms with Crippen molar-refractivity contribution in [2.45, 2.75) is 18.8 Å². The number of halogens is 4. The number of nitrogens with one attached hydrogen (secondary N) is 1. The molecule has 0 spiro atoms. The molecule has 19 heavy (non-hydrogen) atoms. The zero-order valence-corrected chi connectivity index (χ0v) is 9.37. The summed E-state index contributed by atoms with van der Waals surface area (Å²) in [5, 5.41) is 10.2. The zero-order chi connectivity index (χ0) is 14.6. The molecule has 1 aromatic carbocycles. The van der Waals surface area contributed by atoms with Crippen LogP contribution in [-0.2, 0) is 16.0 Å². The fraction of sp³-hybridized carbons (Fsp3) is 0.273. The van der Waals surface area contributed by atoms with Crippen LogP contribution >= 0.6 is 0 Å². The molecule has 1 aromatic rings. The van der Waals surface area contributed by atoms with Crippen LogP contribution in [-0.4, -0.2) is 29.3 Å². The predicted molar refractivity (Wildman–Crippen MR) is 57.4 cm³/mol.